The summed E-state index contributed by atoms with van der Waals surface area (Å²) in [5.41, 5.74) is 6.64. The summed E-state index contributed by atoms with van der Waals surface area (Å²) in [6.07, 6.45) is 2.65. The van der Waals surface area contributed by atoms with Crippen LogP contribution in [0.25, 0.3) is 11.1 Å². The fourth-order valence-corrected chi connectivity index (χ4v) is 2.88. The lowest BCUT2D eigenvalue weighted by Crippen LogP contribution is -2.08. The predicted molar refractivity (Wildman–Crippen MR) is 94.4 cm³/mol. The standard InChI is InChI=1S/C19H18N2O3/c1-21(2)15-4-6-17-13(11-15)9-12-10-14(3-5-16(12)17)20-18(22)7-8-19(23)24/h3-8,10-11H,9H2,1-2H3,(H,20,22)(H,23,24)/b8-7-. The van der Waals surface area contributed by atoms with Gasteiger partial charge in [-0.3, -0.25) is 4.79 Å². The Morgan fingerprint density at radius 2 is 1.71 bits per heavy atom. The van der Waals surface area contributed by atoms with Gasteiger partial charge in [-0.25, -0.2) is 4.79 Å². The maximum Gasteiger partial charge on any atom is 0.328 e. The van der Waals surface area contributed by atoms with E-state index in [0.29, 0.717) is 5.69 Å². The van der Waals surface area contributed by atoms with Gasteiger partial charge >= 0.3 is 5.97 Å². The van der Waals surface area contributed by atoms with Gasteiger partial charge in [0.2, 0.25) is 5.91 Å². The van der Waals surface area contributed by atoms with Crippen molar-refractivity contribution in [2.75, 3.05) is 24.3 Å². The molecule has 2 aromatic rings. The van der Waals surface area contributed by atoms with Gasteiger partial charge in [-0.2, -0.15) is 0 Å². The molecular formula is C19H18N2O3. The first-order chi connectivity index (χ1) is 11.4. The summed E-state index contributed by atoms with van der Waals surface area (Å²) in [6, 6.07) is 12.2. The summed E-state index contributed by atoms with van der Waals surface area (Å²) in [5.74, 6) is -1.60. The molecule has 0 saturated carbocycles. The van der Waals surface area contributed by atoms with Gasteiger partial charge in [0.25, 0.3) is 0 Å². The molecule has 0 atom stereocenters. The number of hydrogen-bond donors (Lipinski definition) is 2. The lowest BCUT2D eigenvalue weighted by Gasteiger charge is -2.13. The Hall–Kier alpha value is -3.08. The lowest BCUT2D eigenvalue weighted by atomic mass is 10.0. The number of hydrogen-bond acceptors (Lipinski definition) is 3. The molecule has 2 N–H and O–H groups in total. The monoisotopic (exact) mass is 322 g/mol. The van der Waals surface area contributed by atoms with E-state index in [1.807, 2.05) is 32.3 Å². The Balaban J connectivity index is 1.82. The lowest BCUT2D eigenvalue weighted by molar-refractivity contribution is -0.131. The van der Waals surface area contributed by atoms with Crippen molar-refractivity contribution in [1.29, 1.82) is 0 Å². The van der Waals surface area contributed by atoms with Gasteiger partial charge in [-0.1, -0.05) is 12.1 Å². The normalized spacial score (nSPS) is 11.9. The van der Waals surface area contributed by atoms with Crippen molar-refractivity contribution < 1.29 is 14.7 Å². The average molecular weight is 322 g/mol. The van der Waals surface area contributed by atoms with Gasteiger partial charge in [0.1, 0.15) is 0 Å². The molecule has 0 saturated heterocycles. The Kier molecular flexibility index (Phi) is 4.08. The minimum atomic E-state index is -1.15. The third-order valence-corrected chi connectivity index (χ3v) is 4.03. The van der Waals surface area contributed by atoms with E-state index in [1.165, 1.54) is 16.7 Å². The summed E-state index contributed by atoms with van der Waals surface area (Å²) in [6.45, 7) is 0. The molecule has 0 bridgehead atoms. The molecular weight excluding hydrogens is 304 g/mol. The van der Waals surface area contributed by atoms with Crippen molar-refractivity contribution >= 4 is 23.3 Å². The quantitative estimate of drug-likeness (QED) is 0.725. The Morgan fingerprint density at radius 1 is 1.04 bits per heavy atom. The number of aliphatic carboxylic acids is 1. The Morgan fingerprint density at radius 3 is 2.38 bits per heavy atom. The van der Waals surface area contributed by atoms with E-state index < -0.39 is 11.9 Å². The van der Waals surface area contributed by atoms with Crippen LogP contribution in [0.2, 0.25) is 0 Å². The first kappa shape index (κ1) is 15.8. The molecule has 0 unspecified atom stereocenters. The zero-order chi connectivity index (χ0) is 17.3. The molecule has 1 aliphatic rings. The number of amides is 1. The van der Waals surface area contributed by atoms with E-state index >= 15 is 0 Å². The summed E-state index contributed by atoms with van der Waals surface area (Å²) in [7, 11) is 4.03. The van der Waals surface area contributed by atoms with Crippen LogP contribution in [0.5, 0.6) is 0 Å². The minimum Gasteiger partial charge on any atom is -0.478 e. The van der Waals surface area contributed by atoms with E-state index in [9.17, 15) is 9.59 Å². The number of anilines is 2. The number of rotatable bonds is 4. The number of nitrogens with one attached hydrogen (secondary N) is 1. The van der Waals surface area contributed by atoms with Crippen LogP contribution in [0.3, 0.4) is 0 Å². The van der Waals surface area contributed by atoms with Crippen LogP contribution in [0, 0.1) is 0 Å². The molecule has 0 aromatic heterocycles. The summed E-state index contributed by atoms with van der Waals surface area (Å²) >= 11 is 0. The highest BCUT2D eigenvalue weighted by molar-refractivity contribution is 6.02. The molecule has 0 fully saturated rings. The van der Waals surface area contributed by atoms with Crippen LogP contribution >= 0.6 is 0 Å². The second-order valence-electron chi connectivity index (χ2n) is 5.95. The molecule has 2 aromatic carbocycles. The molecule has 0 spiro atoms. The van der Waals surface area contributed by atoms with E-state index in [2.05, 4.69) is 28.4 Å². The smallest absolute Gasteiger partial charge is 0.328 e. The molecule has 3 rings (SSSR count). The van der Waals surface area contributed by atoms with Crippen molar-refractivity contribution in [3.05, 3.63) is 59.7 Å². The van der Waals surface area contributed by atoms with E-state index in [-0.39, 0.29) is 0 Å². The fourth-order valence-electron chi connectivity index (χ4n) is 2.88. The zero-order valence-electron chi connectivity index (χ0n) is 13.5. The molecule has 24 heavy (non-hydrogen) atoms. The molecule has 1 aliphatic carbocycles. The minimum absolute atomic E-state index is 0.456. The Labute approximate surface area is 140 Å². The van der Waals surface area contributed by atoms with Crippen molar-refractivity contribution in [2.45, 2.75) is 6.42 Å². The maximum absolute atomic E-state index is 11.7. The van der Waals surface area contributed by atoms with Crippen molar-refractivity contribution in [3.63, 3.8) is 0 Å². The largest absolute Gasteiger partial charge is 0.478 e. The average Bonchev–Trinajstić information content (AvgIpc) is 2.89. The van der Waals surface area contributed by atoms with Crippen molar-refractivity contribution in [3.8, 4) is 11.1 Å². The van der Waals surface area contributed by atoms with Gasteiger partial charge in [0.05, 0.1) is 0 Å². The number of nitrogens with zero attached hydrogens (tertiary/aromatic N) is 1. The number of carbonyl (C=O) groups excluding carboxylic acids is 1. The van der Waals surface area contributed by atoms with Gasteiger partial charge in [-0.05, 0) is 52.9 Å². The second kappa shape index (κ2) is 6.20. The van der Waals surface area contributed by atoms with Crippen molar-refractivity contribution in [2.24, 2.45) is 0 Å². The third kappa shape index (κ3) is 3.15. The van der Waals surface area contributed by atoms with Crippen LogP contribution in [0.4, 0.5) is 11.4 Å². The number of benzene rings is 2. The van der Waals surface area contributed by atoms with E-state index in [4.69, 9.17) is 5.11 Å². The highest BCUT2D eigenvalue weighted by Gasteiger charge is 2.19. The SMILES string of the molecule is CN(C)c1ccc2c(c1)Cc1cc(NC(=O)/C=C\C(=O)O)ccc1-2. The predicted octanol–water partition coefficient (Wildman–Crippen LogP) is 2.90. The molecule has 0 heterocycles. The molecule has 122 valence electrons. The summed E-state index contributed by atoms with van der Waals surface area (Å²) < 4.78 is 0. The first-order valence-electron chi connectivity index (χ1n) is 7.59. The topological polar surface area (TPSA) is 69.6 Å². The number of fused-ring (bicyclic) bond motifs is 3. The van der Waals surface area contributed by atoms with Gasteiger partial charge in [0, 0.05) is 37.6 Å². The fraction of sp³-hybridized carbons (Fsp3) is 0.158. The van der Waals surface area contributed by atoms with E-state index in [1.54, 1.807) is 0 Å². The highest BCUT2D eigenvalue weighted by Crippen LogP contribution is 2.39. The molecule has 5 nitrogen and oxygen atoms in total. The number of carboxylic acid groups (broad SMARTS) is 1. The van der Waals surface area contributed by atoms with Crippen LogP contribution in [0.15, 0.2) is 48.6 Å². The summed E-state index contributed by atoms with van der Waals surface area (Å²) in [4.78, 5) is 24.2. The van der Waals surface area contributed by atoms with Gasteiger partial charge in [-0.15, -0.1) is 0 Å². The van der Waals surface area contributed by atoms with Crippen LogP contribution in [-0.4, -0.2) is 31.1 Å². The molecule has 1 amide bonds. The van der Waals surface area contributed by atoms with Crippen LogP contribution in [0.1, 0.15) is 11.1 Å². The van der Waals surface area contributed by atoms with Gasteiger partial charge in [0.15, 0.2) is 0 Å². The number of carbonyl (C=O) groups is 2. The van der Waals surface area contributed by atoms with Crippen LogP contribution in [-0.2, 0) is 16.0 Å². The van der Waals surface area contributed by atoms with E-state index in [0.717, 1.165) is 29.8 Å². The summed E-state index contributed by atoms with van der Waals surface area (Å²) in [5, 5.41) is 11.2. The Bertz CT molecular complexity index is 854. The maximum atomic E-state index is 11.7. The number of carboxylic acids is 1. The third-order valence-electron chi connectivity index (χ3n) is 4.03. The zero-order valence-corrected chi connectivity index (χ0v) is 13.5. The second-order valence-corrected chi connectivity index (χ2v) is 5.95. The van der Waals surface area contributed by atoms with Gasteiger partial charge < -0.3 is 15.3 Å². The highest BCUT2D eigenvalue weighted by atomic mass is 16.4. The van der Waals surface area contributed by atoms with Crippen molar-refractivity contribution in [1.82, 2.24) is 0 Å². The molecule has 0 radical (unpaired) electrons. The molecule has 0 aliphatic heterocycles. The van der Waals surface area contributed by atoms with Crippen LogP contribution < -0.4 is 10.2 Å². The first-order valence-corrected chi connectivity index (χ1v) is 7.59. The molecule has 5 heteroatoms.